The molecule has 9 heteroatoms. The quantitative estimate of drug-likeness (QED) is 0.307. The van der Waals surface area contributed by atoms with Crippen molar-refractivity contribution < 1.29 is 46.9 Å². The zero-order chi connectivity index (χ0) is 4.50. The van der Waals surface area contributed by atoms with Crippen LogP contribution < -0.4 is 24.8 Å². The van der Waals surface area contributed by atoms with Gasteiger partial charge in [0.2, 0.25) is 0 Å². The molecule has 0 spiro atoms. The molecule has 9 heavy (non-hydrogen) atoms. The normalized spacial score (nSPS) is 6.56. The first-order valence-electron chi connectivity index (χ1n) is 0.783. The van der Waals surface area contributed by atoms with Gasteiger partial charge < -0.3 is 42.3 Å². The van der Waals surface area contributed by atoms with Crippen molar-refractivity contribution in [2.24, 2.45) is 0 Å². The van der Waals surface area contributed by atoms with Crippen molar-refractivity contribution in [2.45, 2.75) is 0 Å². The van der Waals surface area contributed by atoms with Crippen LogP contribution in [0.1, 0.15) is 2.85 Å². The molecule has 3 N–H and O–H groups in total. The third kappa shape index (κ3) is 86.4. The molecule has 0 saturated carbocycles. The summed E-state index contributed by atoms with van der Waals surface area (Å²) in [6, 6.07) is 0. The van der Waals surface area contributed by atoms with Crippen molar-refractivity contribution in [3.63, 3.8) is 0 Å². The summed E-state index contributed by atoms with van der Waals surface area (Å²) in [5.74, 6) is 0. The third-order valence-corrected chi connectivity index (χ3v) is 0. The third-order valence-electron chi connectivity index (χ3n) is 0. The number of halogens is 2. The van der Waals surface area contributed by atoms with Crippen LogP contribution in [0.15, 0.2) is 0 Å². The average molecular weight is 299 g/mol. The standard InChI is InChI=1S/Ca.2ClH.H3O4P.Sr.2H/c;;;1-5(2,3)4;;;/h;2*1H;(H3,1,2,3,4);;;/q+2;;;;+2;2*-1/p-2. The summed E-state index contributed by atoms with van der Waals surface area (Å²) in [6.07, 6.45) is 0. The van der Waals surface area contributed by atoms with Gasteiger partial charge in [-0.15, -0.1) is 0 Å². The fourth-order valence-corrected chi connectivity index (χ4v) is 0. The van der Waals surface area contributed by atoms with E-state index in [1.165, 1.54) is 0 Å². The predicted molar refractivity (Wildman–Crippen MR) is 28.0 cm³/mol. The summed E-state index contributed by atoms with van der Waals surface area (Å²) in [6.45, 7) is 0. The van der Waals surface area contributed by atoms with Gasteiger partial charge in [0.1, 0.15) is 0 Å². The summed E-state index contributed by atoms with van der Waals surface area (Å²) >= 11 is 0. The van der Waals surface area contributed by atoms with Crippen LogP contribution in [-0.2, 0) is 4.57 Å². The van der Waals surface area contributed by atoms with Crippen LogP contribution in [0.3, 0.4) is 0 Å². The van der Waals surface area contributed by atoms with Crippen molar-refractivity contribution in [1.29, 1.82) is 0 Å². The molecule has 0 rings (SSSR count). The average Bonchev–Trinajstić information content (AvgIpc) is 0.722. The van der Waals surface area contributed by atoms with E-state index in [-0.39, 0.29) is 111 Å². The maximum Gasteiger partial charge on any atom is 2.00 e. The molecule has 0 amide bonds. The summed E-state index contributed by atoms with van der Waals surface area (Å²) in [7, 11) is -4.64. The molecule has 0 radical (unpaired) electrons. The fourth-order valence-electron chi connectivity index (χ4n) is 0. The molecule has 0 aliphatic carbocycles. The molecule has 0 heterocycles. The SMILES string of the molecule is O=P(O)(O)O.[Ca+2].[Cl-].[Cl-].[H-].[H-].[Sr+2]. The van der Waals surface area contributed by atoms with E-state index in [4.69, 9.17) is 19.2 Å². The van der Waals surface area contributed by atoms with Crippen molar-refractivity contribution in [1.82, 2.24) is 0 Å². The largest absolute Gasteiger partial charge is 2.00 e. The summed E-state index contributed by atoms with van der Waals surface area (Å²) in [5.41, 5.74) is 0. The summed E-state index contributed by atoms with van der Waals surface area (Å²) in [4.78, 5) is 21.6. The minimum absolute atomic E-state index is 0. The fraction of sp³-hybridized carbons (Fsp3) is 0. The van der Waals surface area contributed by atoms with Gasteiger partial charge in [0.05, 0.1) is 0 Å². The minimum atomic E-state index is -4.64. The van der Waals surface area contributed by atoms with E-state index in [0.717, 1.165) is 0 Å². The second-order valence-electron chi connectivity index (χ2n) is 0.513. The summed E-state index contributed by atoms with van der Waals surface area (Å²) in [5, 5.41) is 0. The first-order valence-corrected chi connectivity index (χ1v) is 2.35. The van der Waals surface area contributed by atoms with Gasteiger partial charge in [-0.2, -0.15) is 0 Å². The molecule has 4 nitrogen and oxygen atoms in total. The molecule has 0 aromatic carbocycles. The molecule has 0 aromatic rings. The van der Waals surface area contributed by atoms with Gasteiger partial charge in [-0.1, -0.05) is 0 Å². The monoisotopic (exact) mass is 298 g/mol. The van der Waals surface area contributed by atoms with Gasteiger partial charge in [0.15, 0.2) is 0 Å². The molecular formula is H5CaCl2O4PSr. The Morgan fingerprint density at radius 2 is 1.11 bits per heavy atom. The van der Waals surface area contributed by atoms with Crippen LogP contribution in [-0.4, -0.2) is 97.9 Å². The maximum absolute atomic E-state index is 8.88. The topological polar surface area (TPSA) is 77.8 Å². The van der Waals surface area contributed by atoms with Gasteiger partial charge in [-0.25, -0.2) is 4.57 Å². The number of hydrogen-bond acceptors (Lipinski definition) is 1. The van der Waals surface area contributed by atoms with Gasteiger partial charge in [-0.05, 0) is 0 Å². The second kappa shape index (κ2) is 14.0. The molecule has 0 fully saturated rings. The molecule has 0 aromatic heterocycles. The number of hydrogen-bond donors (Lipinski definition) is 3. The van der Waals surface area contributed by atoms with E-state index in [1.807, 2.05) is 0 Å². The minimum Gasteiger partial charge on any atom is -1.00 e. The summed E-state index contributed by atoms with van der Waals surface area (Å²) < 4.78 is 8.88. The molecule has 0 atom stereocenters. The van der Waals surface area contributed by atoms with Crippen molar-refractivity contribution in [3.8, 4) is 0 Å². The first kappa shape index (κ1) is 29.4. The zero-order valence-electron chi connectivity index (χ0n) is 6.37. The predicted octanol–water partition coefficient (Wildman–Crippen LogP) is -7.46. The van der Waals surface area contributed by atoms with Crippen LogP contribution in [0, 0.1) is 0 Å². The van der Waals surface area contributed by atoms with E-state index in [9.17, 15) is 0 Å². The van der Waals surface area contributed by atoms with Crippen LogP contribution in [0.2, 0.25) is 0 Å². The smallest absolute Gasteiger partial charge is 1.00 e. The molecule has 52 valence electrons. The van der Waals surface area contributed by atoms with E-state index < -0.39 is 7.82 Å². The van der Waals surface area contributed by atoms with Crippen molar-refractivity contribution in [2.75, 3.05) is 0 Å². The van der Waals surface area contributed by atoms with E-state index in [1.54, 1.807) is 0 Å². The van der Waals surface area contributed by atoms with Gasteiger partial charge in [0.25, 0.3) is 0 Å². The van der Waals surface area contributed by atoms with E-state index in [2.05, 4.69) is 0 Å². The first-order chi connectivity index (χ1) is 2.00. The van der Waals surface area contributed by atoms with Crippen molar-refractivity contribution >= 4 is 91.0 Å². The Morgan fingerprint density at radius 1 is 1.11 bits per heavy atom. The van der Waals surface area contributed by atoms with E-state index >= 15 is 0 Å². The molecule has 0 aliphatic rings. The molecule has 0 aliphatic heterocycles. The van der Waals surface area contributed by atoms with Gasteiger partial charge in [-0.3, -0.25) is 0 Å². The molecule has 0 bridgehead atoms. The Morgan fingerprint density at radius 3 is 1.11 bits per heavy atom. The zero-order valence-corrected chi connectivity index (χ0v) is 12.5. The van der Waals surface area contributed by atoms with Crippen LogP contribution in [0.4, 0.5) is 0 Å². The van der Waals surface area contributed by atoms with Crippen LogP contribution in [0.5, 0.6) is 0 Å². The Bertz CT molecular complexity index is 72.2. The Hall–Kier alpha value is 3.43. The molecule has 0 saturated heterocycles. The molecule has 0 unspecified atom stereocenters. The Labute approximate surface area is 135 Å². The van der Waals surface area contributed by atoms with Gasteiger partial charge >= 0.3 is 91.0 Å². The Kier molecular flexibility index (Phi) is 45.7. The maximum atomic E-state index is 8.88. The molecular weight excluding hydrogens is 294 g/mol. The van der Waals surface area contributed by atoms with Crippen LogP contribution in [0.25, 0.3) is 0 Å². The van der Waals surface area contributed by atoms with E-state index in [0.29, 0.717) is 0 Å². The number of phosphoric acid groups is 1. The second-order valence-corrected chi connectivity index (χ2v) is 1.54. The van der Waals surface area contributed by atoms with Crippen LogP contribution >= 0.6 is 7.82 Å². The van der Waals surface area contributed by atoms with Gasteiger partial charge in [0, 0.05) is 0 Å². The number of rotatable bonds is 0. The Balaban J connectivity index is -0.00000000533. The van der Waals surface area contributed by atoms with Crippen molar-refractivity contribution in [3.05, 3.63) is 0 Å².